The Labute approximate surface area is 116 Å². The minimum Gasteiger partial charge on any atom is -0.444 e. The molecule has 0 saturated heterocycles. The highest BCUT2D eigenvalue weighted by molar-refractivity contribution is 5.65. The smallest absolute Gasteiger partial charge is 0.405 e. The van der Waals surface area contributed by atoms with Crippen molar-refractivity contribution >= 4 is 6.09 Å². The molecule has 0 spiro atoms. The maximum atomic E-state index is 10.9. The third-order valence-corrected chi connectivity index (χ3v) is 3.71. The summed E-state index contributed by atoms with van der Waals surface area (Å²) < 4.78 is 5.21. The summed E-state index contributed by atoms with van der Waals surface area (Å²) in [7, 11) is 0. The van der Waals surface area contributed by atoms with Gasteiger partial charge in [0.25, 0.3) is 0 Å². The van der Waals surface area contributed by atoms with E-state index in [-0.39, 0.29) is 0 Å². The zero-order valence-electron chi connectivity index (χ0n) is 12.5. The van der Waals surface area contributed by atoms with Crippen LogP contribution in [0.1, 0.15) is 52.9 Å². The number of nitrogens with two attached hydrogens (primary N) is 1. The Morgan fingerprint density at radius 2 is 2.05 bits per heavy atom. The number of nitrogens with one attached hydrogen (secondary N) is 1. The van der Waals surface area contributed by atoms with E-state index in [2.05, 4.69) is 11.9 Å². The van der Waals surface area contributed by atoms with E-state index in [1.54, 1.807) is 0 Å². The lowest BCUT2D eigenvalue weighted by Crippen LogP contribution is -2.43. The van der Waals surface area contributed by atoms with Crippen LogP contribution in [0.4, 0.5) is 4.79 Å². The fourth-order valence-electron chi connectivity index (χ4n) is 2.97. The first-order valence-corrected chi connectivity index (χ1v) is 7.16. The van der Waals surface area contributed by atoms with Gasteiger partial charge < -0.3 is 15.8 Å². The SMILES string of the molecule is C=C(C)CN[C@@H]1CCCC[C@H]1CC(C)(C)OC(N)=O. The Kier molecular flexibility index (Phi) is 5.85. The first-order valence-electron chi connectivity index (χ1n) is 7.16. The van der Waals surface area contributed by atoms with E-state index < -0.39 is 11.7 Å². The Morgan fingerprint density at radius 1 is 1.42 bits per heavy atom. The number of hydrogen-bond donors (Lipinski definition) is 2. The highest BCUT2D eigenvalue weighted by Crippen LogP contribution is 2.32. The van der Waals surface area contributed by atoms with Crippen molar-refractivity contribution in [3.8, 4) is 0 Å². The standard InChI is InChI=1S/C15H28N2O2/c1-11(2)10-17-13-8-6-5-7-12(13)9-15(3,4)19-14(16)18/h12-13,17H,1,5-10H2,2-4H3,(H2,16,18)/t12-,13+/m0/s1. The molecule has 19 heavy (non-hydrogen) atoms. The molecule has 0 aliphatic heterocycles. The molecule has 0 bridgehead atoms. The highest BCUT2D eigenvalue weighted by Gasteiger charge is 2.32. The van der Waals surface area contributed by atoms with Gasteiger partial charge in [0.05, 0.1) is 0 Å². The summed E-state index contributed by atoms with van der Waals surface area (Å²) in [6, 6.07) is 0.487. The number of carbonyl (C=O) groups is 1. The van der Waals surface area contributed by atoms with Crippen molar-refractivity contribution in [3.63, 3.8) is 0 Å². The van der Waals surface area contributed by atoms with Crippen LogP contribution in [0.25, 0.3) is 0 Å². The van der Waals surface area contributed by atoms with Gasteiger partial charge in [-0.2, -0.15) is 0 Å². The summed E-state index contributed by atoms with van der Waals surface area (Å²) in [5.41, 5.74) is 5.79. The summed E-state index contributed by atoms with van der Waals surface area (Å²) >= 11 is 0. The maximum absolute atomic E-state index is 10.9. The van der Waals surface area contributed by atoms with Crippen LogP contribution in [0.5, 0.6) is 0 Å². The second-order valence-corrected chi connectivity index (χ2v) is 6.37. The van der Waals surface area contributed by atoms with Gasteiger partial charge in [-0.25, -0.2) is 4.79 Å². The van der Waals surface area contributed by atoms with E-state index in [1.165, 1.54) is 25.7 Å². The lowest BCUT2D eigenvalue weighted by molar-refractivity contribution is 0.0168. The second kappa shape index (κ2) is 6.94. The van der Waals surface area contributed by atoms with Crippen molar-refractivity contribution in [2.45, 2.75) is 64.5 Å². The molecule has 0 aromatic rings. The predicted octanol–water partition coefficient (Wildman–Crippen LogP) is 2.97. The Morgan fingerprint density at radius 3 is 2.63 bits per heavy atom. The van der Waals surface area contributed by atoms with Gasteiger partial charge >= 0.3 is 6.09 Å². The van der Waals surface area contributed by atoms with E-state index in [0.717, 1.165) is 18.5 Å². The molecule has 0 aromatic carbocycles. The quantitative estimate of drug-likeness (QED) is 0.728. The van der Waals surface area contributed by atoms with Crippen molar-refractivity contribution in [1.29, 1.82) is 0 Å². The van der Waals surface area contributed by atoms with Crippen molar-refractivity contribution in [2.75, 3.05) is 6.54 Å². The summed E-state index contributed by atoms with van der Waals surface area (Å²) in [5.74, 6) is 0.530. The maximum Gasteiger partial charge on any atom is 0.405 e. The van der Waals surface area contributed by atoms with Crippen LogP contribution < -0.4 is 11.1 Å². The van der Waals surface area contributed by atoms with Crippen LogP contribution in [0, 0.1) is 5.92 Å². The average Bonchev–Trinajstić information content (AvgIpc) is 2.25. The van der Waals surface area contributed by atoms with Crippen LogP contribution in [0.2, 0.25) is 0 Å². The fraction of sp³-hybridized carbons (Fsp3) is 0.800. The molecular formula is C15H28N2O2. The van der Waals surface area contributed by atoms with E-state index in [0.29, 0.717) is 12.0 Å². The minimum atomic E-state index is -0.688. The molecular weight excluding hydrogens is 240 g/mol. The highest BCUT2D eigenvalue weighted by atomic mass is 16.6. The Bertz CT molecular complexity index is 326. The van der Waals surface area contributed by atoms with E-state index >= 15 is 0 Å². The van der Waals surface area contributed by atoms with Crippen LogP contribution in [0.15, 0.2) is 12.2 Å². The molecule has 1 aliphatic carbocycles. The van der Waals surface area contributed by atoms with Gasteiger partial charge in [0.1, 0.15) is 5.60 Å². The average molecular weight is 268 g/mol. The molecule has 2 atom stereocenters. The number of hydrogen-bond acceptors (Lipinski definition) is 3. The van der Waals surface area contributed by atoms with Crippen LogP contribution in [-0.2, 0) is 4.74 Å². The molecule has 0 unspecified atom stereocenters. The Hall–Kier alpha value is -1.03. The molecule has 1 fully saturated rings. The third-order valence-electron chi connectivity index (χ3n) is 3.71. The third kappa shape index (κ3) is 6.10. The predicted molar refractivity (Wildman–Crippen MR) is 77.9 cm³/mol. The molecule has 0 aromatic heterocycles. The van der Waals surface area contributed by atoms with Gasteiger partial charge in [-0.1, -0.05) is 25.0 Å². The summed E-state index contributed by atoms with van der Waals surface area (Å²) in [5, 5.41) is 3.58. The summed E-state index contributed by atoms with van der Waals surface area (Å²) in [6.45, 7) is 10.7. The van der Waals surface area contributed by atoms with Gasteiger partial charge in [0.15, 0.2) is 0 Å². The normalized spacial score (nSPS) is 23.9. The van der Waals surface area contributed by atoms with E-state index in [9.17, 15) is 4.79 Å². The van der Waals surface area contributed by atoms with Gasteiger partial charge in [-0.05, 0) is 46.0 Å². The number of carbonyl (C=O) groups excluding carboxylic acids is 1. The van der Waals surface area contributed by atoms with Crippen LogP contribution in [-0.4, -0.2) is 24.3 Å². The van der Waals surface area contributed by atoms with E-state index in [1.807, 2.05) is 20.8 Å². The van der Waals surface area contributed by atoms with Crippen molar-refractivity contribution in [1.82, 2.24) is 5.32 Å². The first kappa shape index (κ1) is 16.0. The van der Waals surface area contributed by atoms with Gasteiger partial charge in [-0.3, -0.25) is 0 Å². The number of amides is 1. The van der Waals surface area contributed by atoms with Gasteiger partial charge in [0.2, 0.25) is 0 Å². The van der Waals surface area contributed by atoms with Crippen molar-refractivity contribution < 1.29 is 9.53 Å². The topological polar surface area (TPSA) is 64.3 Å². The molecule has 0 heterocycles. The van der Waals surface area contributed by atoms with Gasteiger partial charge in [0, 0.05) is 12.6 Å². The lowest BCUT2D eigenvalue weighted by atomic mass is 9.78. The largest absolute Gasteiger partial charge is 0.444 e. The second-order valence-electron chi connectivity index (χ2n) is 6.37. The lowest BCUT2D eigenvalue weighted by Gasteiger charge is -2.37. The summed E-state index contributed by atoms with van der Waals surface area (Å²) in [4.78, 5) is 10.9. The Balaban J connectivity index is 2.56. The van der Waals surface area contributed by atoms with Crippen molar-refractivity contribution in [2.24, 2.45) is 11.7 Å². The van der Waals surface area contributed by atoms with Crippen LogP contribution in [0.3, 0.4) is 0 Å². The van der Waals surface area contributed by atoms with Crippen LogP contribution >= 0.6 is 0 Å². The monoisotopic (exact) mass is 268 g/mol. The minimum absolute atomic E-state index is 0.487. The molecule has 110 valence electrons. The van der Waals surface area contributed by atoms with E-state index in [4.69, 9.17) is 10.5 Å². The molecule has 4 heteroatoms. The zero-order chi connectivity index (χ0) is 14.5. The molecule has 1 saturated carbocycles. The number of primary amides is 1. The van der Waals surface area contributed by atoms with Gasteiger partial charge in [-0.15, -0.1) is 0 Å². The summed E-state index contributed by atoms with van der Waals surface area (Å²) in [6.07, 6.45) is 5.05. The molecule has 1 rings (SSSR count). The molecule has 3 N–H and O–H groups in total. The molecule has 0 radical (unpaired) electrons. The fourth-order valence-corrected chi connectivity index (χ4v) is 2.97. The molecule has 4 nitrogen and oxygen atoms in total. The number of ether oxygens (including phenoxy) is 1. The zero-order valence-corrected chi connectivity index (χ0v) is 12.5. The first-order chi connectivity index (χ1) is 8.80. The number of rotatable bonds is 6. The van der Waals surface area contributed by atoms with Crippen molar-refractivity contribution in [3.05, 3.63) is 12.2 Å². The molecule has 1 aliphatic rings. The molecule has 1 amide bonds.